The summed E-state index contributed by atoms with van der Waals surface area (Å²) in [7, 11) is 0. The van der Waals surface area contributed by atoms with E-state index in [4.69, 9.17) is 10.2 Å². The number of nitrogens with two attached hydrogens (primary N) is 1. The zero-order chi connectivity index (χ0) is 19.5. The number of benzene rings is 2. The lowest BCUT2D eigenvalue weighted by Gasteiger charge is -2.06. The van der Waals surface area contributed by atoms with E-state index < -0.39 is 6.03 Å². The highest BCUT2D eigenvalue weighted by molar-refractivity contribution is 7.21. The molecule has 4 aromatic rings. The van der Waals surface area contributed by atoms with Crippen molar-refractivity contribution in [2.45, 2.75) is 6.54 Å². The van der Waals surface area contributed by atoms with Crippen molar-refractivity contribution in [1.82, 2.24) is 10.3 Å². The van der Waals surface area contributed by atoms with Gasteiger partial charge in [0.05, 0.1) is 16.8 Å². The highest BCUT2D eigenvalue weighted by Crippen LogP contribution is 2.31. The number of amides is 3. The Bertz CT molecular complexity index is 1130. The number of primary amides is 1. The predicted molar refractivity (Wildman–Crippen MR) is 108 cm³/mol. The van der Waals surface area contributed by atoms with Crippen molar-refractivity contribution in [3.8, 4) is 10.8 Å². The second-order valence-electron chi connectivity index (χ2n) is 6.01. The summed E-state index contributed by atoms with van der Waals surface area (Å²) in [6.07, 6.45) is 0. The van der Waals surface area contributed by atoms with Crippen molar-refractivity contribution in [3.63, 3.8) is 0 Å². The number of hydrogen-bond donors (Lipinski definition) is 3. The Kier molecular flexibility index (Phi) is 4.77. The van der Waals surface area contributed by atoms with Crippen LogP contribution in [0, 0.1) is 0 Å². The van der Waals surface area contributed by atoms with Gasteiger partial charge in [-0.2, -0.15) is 0 Å². The van der Waals surface area contributed by atoms with Crippen molar-refractivity contribution in [3.05, 3.63) is 72.0 Å². The Balaban J connectivity index is 1.43. The van der Waals surface area contributed by atoms with E-state index in [1.54, 1.807) is 35.6 Å². The molecule has 0 saturated carbocycles. The number of hydrogen-bond acceptors (Lipinski definition) is 5. The van der Waals surface area contributed by atoms with Gasteiger partial charge in [-0.15, -0.1) is 11.3 Å². The van der Waals surface area contributed by atoms with Crippen LogP contribution in [0.2, 0.25) is 0 Å². The predicted octanol–water partition coefficient (Wildman–Crippen LogP) is 3.98. The molecule has 8 heteroatoms. The third kappa shape index (κ3) is 3.86. The van der Waals surface area contributed by atoms with Crippen LogP contribution in [-0.2, 0) is 6.54 Å². The minimum atomic E-state index is -0.685. The summed E-state index contributed by atoms with van der Waals surface area (Å²) in [5.41, 5.74) is 6.88. The van der Waals surface area contributed by atoms with Crippen molar-refractivity contribution < 1.29 is 14.0 Å². The summed E-state index contributed by atoms with van der Waals surface area (Å²) in [6, 6.07) is 17.4. The lowest BCUT2D eigenvalue weighted by Crippen LogP contribution is -2.23. The Morgan fingerprint density at radius 3 is 2.75 bits per heavy atom. The number of urea groups is 1. The number of rotatable bonds is 5. The van der Waals surface area contributed by atoms with Crippen LogP contribution in [0.1, 0.15) is 16.1 Å². The van der Waals surface area contributed by atoms with Gasteiger partial charge in [0.2, 0.25) is 0 Å². The van der Waals surface area contributed by atoms with Crippen molar-refractivity contribution >= 4 is 39.2 Å². The van der Waals surface area contributed by atoms with Crippen LogP contribution < -0.4 is 16.4 Å². The van der Waals surface area contributed by atoms with Crippen LogP contribution in [0.5, 0.6) is 0 Å². The van der Waals surface area contributed by atoms with E-state index in [0.29, 0.717) is 22.8 Å². The molecule has 0 spiro atoms. The summed E-state index contributed by atoms with van der Waals surface area (Å²) in [5.74, 6) is 0.998. The number of carbonyl (C=O) groups excluding carboxylic acids is 2. The standard InChI is InChI=1S/C20H16N4O3S/c21-20(26)23-13-5-3-4-12(10-13)18(25)22-11-14-8-9-16(27-14)19-24-15-6-1-2-7-17(15)28-19/h1-10H,11H2,(H,22,25)(H3,21,23,26). The minimum absolute atomic E-state index is 0.233. The molecule has 0 atom stereocenters. The molecule has 0 radical (unpaired) electrons. The van der Waals surface area contributed by atoms with Crippen LogP contribution in [0.25, 0.3) is 21.0 Å². The summed E-state index contributed by atoms with van der Waals surface area (Å²) in [5, 5.41) is 6.03. The molecule has 28 heavy (non-hydrogen) atoms. The second-order valence-corrected chi connectivity index (χ2v) is 7.04. The lowest BCUT2D eigenvalue weighted by atomic mass is 10.2. The third-order valence-corrected chi connectivity index (χ3v) is 5.03. The molecule has 0 fully saturated rings. The first-order valence-electron chi connectivity index (χ1n) is 8.48. The summed E-state index contributed by atoms with van der Waals surface area (Å²) >= 11 is 1.55. The largest absolute Gasteiger partial charge is 0.457 e. The molecule has 0 saturated heterocycles. The molecule has 4 rings (SSSR count). The number of nitrogens with zero attached hydrogens (tertiary/aromatic N) is 1. The first kappa shape index (κ1) is 17.7. The molecular weight excluding hydrogens is 376 g/mol. The maximum atomic E-state index is 12.3. The van der Waals surface area contributed by atoms with E-state index in [-0.39, 0.29) is 12.5 Å². The van der Waals surface area contributed by atoms with Crippen LogP contribution >= 0.6 is 11.3 Å². The third-order valence-electron chi connectivity index (χ3n) is 3.98. The van der Waals surface area contributed by atoms with Crippen molar-refractivity contribution in [2.24, 2.45) is 5.73 Å². The number of aromatic nitrogens is 1. The Hall–Kier alpha value is -3.65. The average Bonchev–Trinajstić information content (AvgIpc) is 3.32. The van der Waals surface area contributed by atoms with E-state index in [1.807, 2.05) is 36.4 Å². The molecule has 0 aliphatic carbocycles. The zero-order valence-electron chi connectivity index (χ0n) is 14.6. The van der Waals surface area contributed by atoms with E-state index >= 15 is 0 Å². The number of furan rings is 1. The lowest BCUT2D eigenvalue weighted by molar-refractivity contribution is 0.0948. The number of carbonyl (C=O) groups is 2. The van der Waals surface area contributed by atoms with Gasteiger partial charge >= 0.3 is 6.03 Å². The fraction of sp³-hybridized carbons (Fsp3) is 0.0500. The molecule has 7 nitrogen and oxygen atoms in total. The molecule has 140 valence electrons. The molecule has 0 bridgehead atoms. The van der Waals surface area contributed by atoms with Crippen molar-refractivity contribution in [1.29, 1.82) is 0 Å². The number of nitrogens with one attached hydrogen (secondary N) is 2. The van der Waals surface area contributed by atoms with E-state index in [9.17, 15) is 9.59 Å². The summed E-state index contributed by atoms with van der Waals surface area (Å²) in [4.78, 5) is 27.8. The van der Waals surface area contributed by atoms with E-state index in [0.717, 1.165) is 15.2 Å². The van der Waals surface area contributed by atoms with E-state index in [2.05, 4.69) is 15.6 Å². The van der Waals surface area contributed by atoms with Gasteiger partial charge in [-0.1, -0.05) is 18.2 Å². The normalized spacial score (nSPS) is 10.7. The summed E-state index contributed by atoms with van der Waals surface area (Å²) < 4.78 is 6.91. The molecule has 2 heterocycles. The topological polar surface area (TPSA) is 110 Å². The average molecular weight is 392 g/mol. The number of thiazole rings is 1. The highest BCUT2D eigenvalue weighted by atomic mass is 32.1. The van der Waals surface area contributed by atoms with Crippen LogP contribution in [0.15, 0.2) is 65.1 Å². The molecule has 0 aliphatic rings. The molecule has 0 aliphatic heterocycles. The van der Waals surface area contributed by atoms with Gasteiger partial charge in [-0.3, -0.25) is 4.79 Å². The molecule has 3 amide bonds. The van der Waals surface area contributed by atoms with Crippen LogP contribution in [0.4, 0.5) is 10.5 Å². The van der Waals surface area contributed by atoms with Crippen molar-refractivity contribution in [2.75, 3.05) is 5.32 Å². The first-order chi connectivity index (χ1) is 13.6. The quantitative estimate of drug-likeness (QED) is 0.477. The van der Waals surface area contributed by atoms with Gasteiger partial charge in [0.15, 0.2) is 10.8 Å². The number of anilines is 1. The molecule has 2 aromatic carbocycles. The second kappa shape index (κ2) is 7.53. The van der Waals surface area contributed by atoms with Gasteiger partial charge in [0.1, 0.15) is 5.76 Å². The van der Waals surface area contributed by atoms with Gasteiger partial charge in [-0.25, -0.2) is 9.78 Å². The van der Waals surface area contributed by atoms with Gasteiger partial charge in [0, 0.05) is 11.3 Å². The van der Waals surface area contributed by atoms with Gasteiger partial charge < -0.3 is 20.8 Å². The zero-order valence-corrected chi connectivity index (χ0v) is 15.5. The molecule has 2 aromatic heterocycles. The summed E-state index contributed by atoms with van der Waals surface area (Å²) in [6.45, 7) is 0.233. The SMILES string of the molecule is NC(=O)Nc1cccc(C(=O)NCc2ccc(-c3nc4ccccc4s3)o2)c1. The fourth-order valence-electron chi connectivity index (χ4n) is 2.72. The number of fused-ring (bicyclic) bond motifs is 1. The maximum absolute atomic E-state index is 12.3. The Morgan fingerprint density at radius 1 is 1.07 bits per heavy atom. The van der Waals surface area contributed by atoms with E-state index in [1.165, 1.54) is 0 Å². The monoisotopic (exact) mass is 392 g/mol. The highest BCUT2D eigenvalue weighted by Gasteiger charge is 2.12. The molecular formula is C20H16N4O3S. The maximum Gasteiger partial charge on any atom is 0.316 e. The Morgan fingerprint density at radius 2 is 1.93 bits per heavy atom. The van der Waals surface area contributed by atoms with Crippen LogP contribution in [-0.4, -0.2) is 16.9 Å². The molecule has 4 N–H and O–H groups in total. The fourth-order valence-corrected chi connectivity index (χ4v) is 3.64. The van der Waals surface area contributed by atoms with Gasteiger partial charge in [0.25, 0.3) is 5.91 Å². The minimum Gasteiger partial charge on any atom is -0.457 e. The van der Waals surface area contributed by atoms with Gasteiger partial charge in [-0.05, 0) is 42.5 Å². The molecule has 0 unspecified atom stereocenters. The smallest absolute Gasteiger partial charge is 0.316 e. The van der Waals surface area contributed by atoms with Crippen LogP contribution in [0.3, 0.4) is 0 Å². The Labute approximate surface area is 164 Å². The number of para-hydroxylation sites is 1. The first-order valence-corrected chi connectivity index (χ1v) is 9.29.